The van der Waals surface area contributed by atoms with Gasteiger partial charge in [0.2, 0.25) is 5.91 Å². The van der Waals surface area contributed by atoms with Crippen LogP contribution in [0.3, 0.4) is 0 Å². The number of aryl methyl sites for hydroxylation is 1. The number of hydrogen-bond acceptors (Lipinski definition) is 1. The van der Waals surface area contributed by atoms with Crippen LogP contribution in [0.4, 0.5) is 0 Å². The zero-order valence-corrected chi connectivity index (χ0v) is 11.5. The molecule has 2 rings (SSSR count). The molecule has 0 aliphatic carbocycles. The first-order valence-electron chi connectivity index (χ1n) is 6.20. The fourth-order valence-corrected chi connectivity index (χ4v) is 3.04. The maximum Gasteiger partial charge on any atom is 0.223 e. The molecule has 1 aromatic carbocycles. The number of amides is 1. The van der Waals surface area contributed by atoms with Crippen molar-refractivity contribution in [2.24, 2.45) is 0 Å². The Hall–Kier alpha value is -0.830. The number of halogens is 1. The summed E-state index contributed by atoms with van der Waals surface area (Å²) in [6, 6.07) is 10.6. The van der Waals surface area contributed by atoms with Gasteiger partial charge in [-0.3, -0.25) is 4.79 Å². The number of likely N-dealkylation sites (tertiary alicyclic amines) is 1. The van der Waals surface area contributed by atoms with Crippen molar-refractivity contribution in [3.8, 4) is 0 Å². The summed E-state index contributed by atoms with van der Waals surface area (Å²) in [4.78, 5) is 14.1. The Bertz CT molecular complexity index is 366. The molecule has 2 nitrogen and oxygen atoms in total. The Morgan fingerprint density at radius 1 is 1.35 bits per heavy atom. The van der Waals surface area contributed by atoms with Crippen molar-refractivity contribution in [1.82, 2.24) is 4.90 Å². The fourth-order valence-electron chi connectivity index (χ4n) is 2.36. The first-order valence-corrected chi connectivity index (χ1v) is 7.33. The molecule has 1 aliphatic rings. The van der Waals surface area contributed by atoms with Crippen LogP contribution in [0.25, 0.3) is 0 Å². The van der Waals surface area contributed by atoms with Crippen LogP contribution in [0.2, 0.25) is 0 Å². The first kappa shape index (κ1) is 12.6. The average molecular weight is 296 g/mol. The lowest BCUT2D eigenvalue weighted by molar-refractivity contribution is -0.131. The Morgan fingerprint density at radius 2 is 2.12 bits per heavy atom. The summed E-state index contributed by atoms with van der Waals surface area (Å²) in [6.45, 7) is 0.934. The molecule has 0 N–H and O–H groups in total. The van der Waals surface area contributed by atoms with E-state index in [1.807, 2.05) is 23.1 Å². The molecule has 0 unspecified atom stereocenters. The van der Waals surface area contributed by atoms with Gasteiger partial charge < -0.3 is 4.90 Å². The van der Waals surface area contributed by atoms with Gasteiger partial charge in [-0.1, -0.05) is 46.3 Å². The SMILES string of the molecule is O=C(CCc1ccccc1)N1CCC[C@H]1CBr. The molecule has 1 saturated heterocycles. The summed E-state index contributed by atoms with van der Waals surface area (Å²) in [5.41, 5.74) is 1.25. The van der Waals surface area contributed by atoms with Gasteiger partial charge in [-0.05, 0) is 24.8 Å². The molecule has 1 atom stereocenters. The van der Waals surface area contributed by atoms with E-state index in [4.69, 9.17) is 0 Å². The van der Waals surface area contributed by atoms with E-state index >= 15 is 0 Å². The Balaban J connectivity index is 1.85. The summed E-state index contributed by atoms with van der Waals surface area (Å²) in [6.07, 6.45) is 3.77. The van der Waals surface area contributed by atoms with E-state index in [-0.39, 0.29) is 0 Å². The van der Waals surface area contributed by atoms with Crippen molar-refractivity contribution in [3.05, 3.63) is 35.9 Å². The topological polar surface area (TPSA) is 20.3 Å². The van der Waals surface area contributed by atoms with Crippen molar-refractivity contribution in [1.29, 1.82) is 0 Å². The molecular formula is C14H18BrNO. The van der Waals surface area contributed by atoms with Crippen molar-refractivity contribution in [2.75, 3.05) is 11.9 Å². The molecular weight excluding hydrogens is 278 g/mol. The van der Waals surface area contributed by atoms with Crippen molar-refractivity contribution < 1.29 is 4.79 Å². The third-order valence-corrected chi connectivity index (χ3v) is 4.09. The number of carbonyl (C=O) groups is 1. The average Bonchev–Trinajstić information content (AvgIpc) is 2.85. The van der Waals surface area contributed by atoms with Crippen LogP contribution in [0.5, 0.6) is 0 Å². The number of rotatable bonds is 4. The molecule has 0 aromatic heterocycles. The summed E-state index contributed by atoms with van der Waals surface area (Å²) >= 11 is 3.49. The molecule has 1 aromatic rings. The van der Waals surface area contributed by atoms with Crippen LogP contribution >= 0.6 is 15.9 Å². The van der Waals surface area contributed by atoms with Gasteiger partial charge in [0, 0.05) is 24.3 Å². The number of benzene rings is 1. The number of hydrogen-bond donors (Lipinski definition) is 0. The van der Waals surface area contributed by atoms with Crippen LogP contribution in [-0.2, 0) is 11.2 Å². The number of alkyl halides is 1. The third-order valence-electron chi connectivity index (χ3n) is 3.35. The van der Waals surface area contributed by atoms with Crippen LogP contribution < -0.4 is 0 Å². The van der Waals surface area contributed by atoms with E-state index < -0.39 is 0 Å². The maximum atomic E-state index is 12.1. The Morgan fingerprint density at radius 3 is 2.82 bits per heavy atom. The minimum Gasteiger partial charge on any atom is -0.339 e. The number of nitrogens with zero attached hydrogens (tertiary/aromatic N) is 1. The molecule has 1 heterocycles. The summed E-state index contributed by atoms with van der Waals surface area (Å²) in [5, 5.41) is 0.907. The second-order valence-electron chi connectivity index (χ2n) is 4.52. The molecule has 0 spiro atoms. The lowest BCUT2D eigenvalue weighted by atomic mass is 10.1. The Labute approximate surface area is 111 Å². The highest BCUT2D eigenvalue weighted by molar-refractivity contribution is 9.09. The standard InChI is InChI=1S/C14H18BrNO/c15-11-13-7-4-10-16(13)14(17)9-8-12-5-2-1-3-6-12/h1-3,5-6,13H,4,7-11H2/t13-/m0/s1. The number of carbonyl (C=O) groups excluding carboxylic acids is 1. The van der Waals surface area contributed by atoms with Gasteiger partial charge in [0.1, 0.15) is 0 Å². The van der Waals surface area contributed by atoms with Crippen molar-refractivity contribution in [2.45, 2.75) is 31.7 Å². The minimum absolute atomic E-state index is 0.302. The zero-order chi connectivity index (χ0) is 12.1. The zero-order valence-electron chi connectivity index (χ0n) is 9.94. The van der Waals surface area contributed by atoms with Crippen LogP contribution in [-0.4, -0.2) is 28.7 Å². The smallest absolute Gasteiger partial charge is 0.223 e. The summed E-state index contributed by atoms with van der Waals surface area (Å²) in [5.74, 6) is 0.302. The highest BCUT2D eigenvalue weighted by atomic mass is 79.9. The van der Waals surface area contributed by atoms with E-state index in [0.717, 1.165) is 31.1 Å². The molecule has 0 radical (unpaired) electrons. The van der Waals surface area contributed by atoms with Gasteiger partial charge >= 0.3 is 0 Å². The quantitative estimate of drug-likeness (QED) is 0.782. The van der Waals surface area contributed by atoms with Gasteiger partial charge in [0.15, 0.2) is 0 Å². The predicted molar refractivity (Wildman–Crippen MR) is 73.3 cm³/mol. The monoisotopic (exact) mass is 295 g/mol. The van der Waals surface area contributed by atoms with Crippen LogP contribution in [0.1, 0.15) is 24.8 Å². The van der Waals surface area contributed by atoms with E-state index in [2.05, 4.69) is 28.1 Å². The van der Waals surface area contributed by atoms with Crippen molar-refractivity contribution >= 4 is 21.8 Å². The van der Waals surface area contributed by atoms with E-state index in [0.29, 0.717) is 18.4 Å². The van der Waals surface area contributed by atoms with Gasteiger partial charge in [0.25, 0.3) is 0 Å². The molecule has 1 aliphatic heterocycles. The van der Waals surface area contributed by atoms with Gasteiger partial charge in [-0.25, -0.2) is 0 Å². The molecule has 0 bridgehead atoms. The lowest BCUT2D eigenvalue weighted by Crippen LogP contribution is -2.36. The van der Waals surface area contributed by atoms with E-state index in [1.165, 1.54) is 5.56 Å². The molecule has 3 heteroatoms. The second-order valence-corrected chi connectivity index (χ2v) is 5.17. The molecule has 0 saturated carbocycles. The van der Waals surface area contributed by atoms with Crippen LogP contribution in [0, 0.1) is 0 Å². The Kier molecular flexibility index (Phi) is 4.60. The largest absolute Gasteiger partial charge is 0.339 e. The minimum atomic E-state index is 0.302. The van der Waals surface area contributed by atoms with Gasteiger partial charge in [-0.15, -0.1) is 0 Å². The van der Waals surface area contributed by atoms with E-state index in [1.54, 1.807) is 0 Å². The van der Waals surface area contributed by atoms with Crippen molar-refractivity contribution in [3.63, 3.8) is 0 Å². The second kappa shape index (κ2) is 6.20. The van der Waals surface area contributed by atoms with Crippen LogP contribution in [0.15, 0.2) is 30.3 Å². The highest BCUT2D eigenvalue weighted by Gasteiger charge is 2.27. The van der Waals surface area contributed by atoms with Gasteiger partial charge in [0.05, 0.1) is 0 Å². The third kappa shape index (κ3) is 3.32. The highest BCUT2D eigenvalue weighted by Crippen LogP contribution is 2.20. The molecule has 1 fully saturated rings. The van der Waals surface area contributed by atoms with E-state index in [9.17, 15) is 4.79 Å². The maximum absolute atomic E-state index is 12.1. The fraction of sp³-hybridized carbons (Fsp3) is 0.500. The van der Waals surface area contributed by atoms with Gasteiger partial charge in [-0.2, -0.15) is 0 Å². The molecule has 92 valence electrons. The lowest BCUT2D eigenvalue weighted by Gasteiger charge is -2.23. The summed E-state index contributed by atoms with van der Waals surface area (Å²) < 4.78 is 0. The summed E-state index contributed by atoms with van der Waals surface area (Å²) in [7, 11) is 0. The predicted octanol–water partition coefficient (Wildman–Crippen LogP) is 3.01. The molecule has 17 heavy (non-hydrogen) atoms. The first-order chi connectivity index (χ1) is 8.31. The normalized spacial score (nSPS) is 19.6. The molecule has 1 amide bonds.